The lowest BCUT2D eigenvalue weighted by Crippen LogP contribution is -2.47. The zero-order chi connectivity index (χ0) is 11.3. The summed E-state index contributed by atoms with van der Waals surface area (Å²) in [6, 6.07) is -0.649. The topological polar surface area (TPSA) is 57.6 Å². The van der Waals surface area contributed by atoms with Crippen LogP contribution in [0.1, 0.15) is 32.1 Å². The lowest BCUT2D eigenvalue weighted by atomic mass is 10.0. The van der Waals surface area contributed by atoms with Crippen LogP contribution >= 0.6 is 0 Å². The molecule has 4 nitrogen and oxygen atoms in total. The minimum Gasteiger partial charge on any atom is -0.480 e. The first-order valence-corrected chi connectivity index (χ1v) is 5.12. The summed E-state index contributed by atoms with van der Waals surface area (Å²) < 4.78 is 0. The van der Waals surface area contributed by atoms with Crippen molar-refractivity contribution in [1.29, 1.82) is 0 Å². The minimum absolute atomic E-state index is 0.139. The maximum atomic E-state index is 11.6. The number of carbonyl (C=O) groups excluding carboxylic acids is 1. The molecule has 1 fully saturated rings. The molecule has 0 saturated carbocycles. The van der Waals surface area contributed by atoms with Gasteiger partial charge in [0, 0.05) is 19.4 Å². The van der Waals surface area contributed by atoms with Gasteiger partial charge >= 0.3 is 5.97 Å². The van der Waals surface area contributed by atoms with Crippen LogP contribution in [0.2, 0.25) is 0 Å². The molecule has 0 spiro atoms. The summed E-state index contributed by atoms with van der Waals surface area (Å²) in [5, 5.41) is 8.95. The van der Waals surface area contributed by atoms with E-state index >= 15 is 0 Å². The third kappa shape index (κ3) is 2.98. The molecule has 0 aromatic heterocycles. The molecule has 0 radical (unpaired) electrons. The van der Waals surface area contributed by atoms with Gasteiger partial charge in [-0.2, -0.15) is 0 Å². The Hall–Kier alpha value is -1.50. The SMILES string of the molecule is C#CCCC(=O)N1CCCCC1C(=O)O. The molecular formula is C11H15NO3. The van der Waals surface area contributed by atoms with Crippen molar-refractivity contribution in [3.05, 3.63) is 0 Å². The molecule has 1 heterocycles. The highest BCUT2D eigenvalue weighted by atomic mass is 16.4. The number of hydrogen-bond acceptors (Lipinski definition) is 2. The summed E-state index contributed by atoms with van der Waals surface area (Å²) in [5.74, 6) is 1.33. The summed E-state index contributed by atoms with van der Waals surface area (Å²) in [7, 11) is 0. The number of aliphatic carboxylic acids is 1. The number of rotatable bonds is 3. The van der Waals surface area contributed by atoms with Crippen LogP contribution in [-0.4, -0.2) is 34.5 Å². The number of carbonyl (C=O) groups is 2. The number of likely N-dealkylation sites (tertiary alicyclic amines) is 1. The van der Waals surface area contributed by atoms with Gasteiger partial charge in [-0.15, -0.1) is 12.3 Å². The molecule has 1 unspecified atom stereocenters. The lowest BCUT2D eigenvalue weighted by Gasteiger charge is -2.32. The molecule has 1 aliphatic rings. The summed E-state index contributed by atoms with van der Waals surface area (Å²) >= 11 is 0. The third-order valence-electron chi connectivity index (χ3n) is 2.59. The average Bonchev–Trinajstić information content (AvgIpc) is 2.25. The number of terminal acetylenes is 1. The van der Waals surface area contributed by atoms with Gasteiger partial charge in [-0.1, -0.05) is 0 Å². The molecule has 4 heteroatoms. The molecule has 1 rings (SSSR count). The van der Waals surface area contributed by atoms with E-state index in [4.69, 9.17) is 11.5 Å². The molecule has 1 atom stereocenters. The Labute approximate surface area is 89.3 Å². The van der Waals surface area contributed by atoms with E-state index in [1.807, 2.05) is 0 Å². The molecule has 0 aromatic carbocycles. The Kier molecular flexibility index (Phi) is 4.17. The maximum Gasteiger partial charge on any atom is 0.326 e. The Morgan fingerprint density at radius 3 is 2.80 bits per heavy atom. The zero-order valence-electron chi connectivity index (χ0n) is 8.61. The molecule has 15 heavy (non-hydrogen) atoms. The Morgan fingerprint density at radius 1 is 1.47 bits per heavy atom. The van der Waals surface area contributed by atoms with Gasteiger partial charge in [-0.3, -0.25) is 4.79 Å². The van der Waals surface area contributed by atoms with Crippen molar-refractivity contribution in [3.63, 3.8) is 0 Å². The maximum absolute atomic E-state index is 11.6. The molecule has 1 N–H and O–H groups in total. The van der Waals surface area contributed by atoms with E-state index in [-0.39, 0.29) is 12.3 Å². The number of piperidine rings is 1. The van der Waals surface area contributed by atoms with Crippen LogP contribution in [0.25, 0.3) is 0 Å². The van der Waals surface area contributed by atoms with Gasteiger partial charge in [0.2, 0.25) is 5.91 Å². The van der Waals surface area contributed by atoms with Crippen molar-refractivity contribution in [1.82, 2.24) is 4.90 Å². The largest absolute Gasteiger partial charge is 0.480 e. The van der Waals surface area contributed by atoms with Gasteiger partial charge in [-0.05, 0) is 19.3 Å². The molecule has 1 aliphatic heterocycles. The van der Waals surface area contributed by atoms with E-state index in [0.717, 1.165) is 12.8 Å². The first-order valence-electron chi connectivity index (χ1n) is 5.12. The van der Waals surface area contributed by atoms with Gasteiger partial charge in [0.15, 0.2) is 0 Å². The van der Waals surface area contributed by atoms with Crippen molar-refractivity contribution < 1.29 is 14.7 Å². The third-order valence-corrected chi connectivity index (χ3v) is 2.59. The Balaban J connectivity index is 2.60. The Morgan fingerprint density at radius 2 is 2.20 bits per heavy atom. The molecule has 1 amide bonds. The predicted molar refractivity (Wildman–Crippen MR) is 55.1 cm³/mol. The van der Waals surface area contributed by atoms with E-state index in [1.165, 1.54) is 4.90 Å². The first kappa shape index (κ1) is 11.6. The van der Waals surface area contributed by atoms with E-state index in [0.29, 0.717) is 19.4 Å². The van der Waals surface area contributed by atoms with Crippen molar-refractivity contribution in [2.75, 3.05) is 6.54 Å². The van der Waals surface area contributed by atoms with E-state index in [9.17, 15) is 9.59 Å². The van der Waals surface area contributed by atoms with Gasteiger partial charge in [-0.25, -0.2) is 4.79 Å². The van der Waals surface area contributed by atoms with Crippen molar-refractivity contribution in [2.24, 2.45) is 0 Å². The molecule has 82 valence electrons. The van der Waals surface area contributed by atoms with Crippen LogP contribution in [0.4, 0.5) is 0 Å². The monoisotopic (exact) mass is 209 g/mol. The van der Waals surface area contributed by atoms with Crippen LogP contribution in [0.5, 0.6) is 0 Å². The van der Waals surface area contributed by atoms with Crippen molar-refractivity contribution in [2.45, 2.75) is 38.1 Å². The smallest absolute Gasteiger partial charge is 0.326 e. The van der Waals surface area contributed by atoms with E-state index in [1.54, 1.807) is 0 Å². The highest BCUT2D eigenvalue weighted by molar-refractivity contribution is 5.84. The standard InChI is InChI=1S/C11H15NO3/c1-2-3-7-10(13)12-8-5-4-6-9(12)11(14)15/h1,9H,3-8H2,(H,14,15). The van der Waals surface area contributed by atoms with Crippen LogP contribution in [0.3, 0.4) is 0 Å². The van der Waals surface area contributed by atoms with Gasteiger partial charge < -0.3 is 10.0 Å². The first-order chi connectivity index (χ1) is 7.16. The number of carboxylic acid groups (broad SMARTS) is 1. The highest BCUT2D eigenvalue weighted by Gasteiger charge is 2.31. The quantitative estimate of drug-likeness (QED) is 0.701. The van der Waals surface area contributed by atoms with Gasteiger partial charge in [0.25, 0.3) is 0 Å². The fraction of sp³-hybridized carbons (Fsp3) is 0.636. The van der Waals surface area contributed by atoms with E-state index in [2.05, 4.69) is 5.92 Å². The second kappa shape index (κ2) is 5.40. The molecule has 0 bridgehead atoms. The summed E-state index contributed by atoms with van der Waals surface area (Å²) in [4.78, 5) is 24.0. The van der Waals surface area contributed by atoms with E-state index < -0.39 is 12.0 Å². The highest BCUT2D eigenvalue weighted by Crippen LogP contribution is 2.18. The summed E-state index contributed by atoms with van der Waals surface area (Å²) in [6.07, 6.45) is 7.99. The van der Waals surface area contributed by atoms with Crippen LogP contribution in [0, 0.1) is 12.3 Å². The van der Waals surface area contributed by atoms with Gasteiger partial charge in [0.1, 0.15) is 6.04 Å². The summed E-state index contributed by atoms with van der Waals surface area (Å²) in [6.45, 7) is 0.542. The fourth-order valence-corrected chi connectivity index (χ4v) is 1.81. The minimum atomic E-state index is -0.913. The molecular weight excluding hydrogens is 194 g/mol. The second-order valence-electron chi connectivity index (χ2n) is 3.64. The number of hydrogen-bond donors (Lipinski definition) is 1. The van der Waals surface area contributed by atoms with Crippen LogP contribution in [0.15, 0.2) is 0 Å². The number of amides is 1. The average molecular weight is 209 g/mol. The molecule has 0 aromatic rings. The fourth-order valence-electron chi connectivity index (χ4n) is 1.81. The van der Waals surface area contributed by atoms with Crippen LogP contribution in [-0.2, 0) is 9.59 Å². The molecule has 0 aliphatic carbocycles. The van der Waals surface area contributed by atoms with Crippen molar-refractivity contribution >= 4 is 11.9 Å². The zero-order valence-corrected chi connectivity index (χ0v) is 8.61. The van der Waals surface area contributed by atoms with Crippen LogP contribution < -0.4 is 0 Å². The van der Waals surface area contributed by atoms with Crippen molar-refractivity contribution in [3.8, 4) is 12.3 Å². The summed E-state index contributed by atoms with van der Waals surface area (Å²) in [5.41, 5.74) is 0. The molecule has 1 saturated heterocycles. The predicted octanol–water partition coefficient (Wildman–Crippen LogP) is 0.865. The normalized spacial score (nSPS) is 20.7. The Bertz CT molecular complexity index is 293. The van der Waals surface area contributed by atoms with Gasteiger partial charge in [0.05, 0.1) is 0 Å². The number of carboxylic acids is 1. The second-order valence-corrected chi connectivity index (χ2v) is 3.64. The lowest BCUT2D eigenvalue weighted by molar-refractivity contribution is -0.152. The number of nitrogens with zero attached hydrogens (tertiary/aromatic N) is 1.